The number of carbonyl (C=O) groups is 1. The average molecular weight is 364 g/mol. The topological polar surface area (TPSA) is 69.7 Å². The predicted octanol–water partition coefficient (Wildman–Crippen LogP) is 3.12. The third-order valence-electron chi connectivity index (χ3n) is 4.52. The highest BCUT2D eigenvalue weighted by Crippen LogP contribution is 2.30. The second kappa shape index (κ2) is 7.15. The van der Waals surface area contributed by atoms with Gasteiger partial charge in [-0.15, -0.1) is 0 Å². The van der Waals surface area contributed by atoms with Crippen LogP contribution >= 0.6 is 0 Å². The van der Waals surface area contributed by atoms with E-state index in [0.717, 1.165) is 22.4 Å². The number of rotatable bonds is 4. The molecular formula is C21H20N2O4. The fourth-order valence-corrected chi connectivity index (χ4v) is 3.07. The van der Waals surface area contributed by atoms with E-state index in [0.29, 0.717) is 30.2 Å². The van der Waals surface area contributed by atoms with E-state index in [2.05, 4.69) is 10.3 Å². The average Bonchev–Trinajstić information content (AvgIpc) is 2.70. The highest BCUT2D eigenvalue weighted by Gasteiger charge is 2.22. The lowest BCUT2D eigenvalue weighted by atomic mass is 10.1. The standard InChI is InChI=1S/C21H20N2O4/c1-13-17(9-14-7-8-15(25-2)10-18(14)23-13)21(24)22-11-16-12-26-19-5-3-4-6-20(19)27-16/h3-10,16H,11-12H2,1-2H3,(H,22,24). The zero-order valence-electron chi connectivity index (χ0n) is 15.2. The van der Waals surface area contributed by atoms with Crippen molar-refractivity contribution >= 4 is 16.8 Å². The van der Waals surface area contributed by atoms with Gasteiger partial charge in [0.1, 0.15) is 18.5 Å². The molecule has 6 heteroatoms. The Kier molecular flexibility index (Phi) is 4.54. The van der Waals surface area contributed by atoms with E-state index in [4.69, 9.17) is 14.2 Å². The number of methoxy groups -OCH3 is 1. The first kappa shape index (κ1) is 17.1. The first-order chi connectivity index (χ1) is 13.1. The Balaban J connectivity index is 1.46. The lowest BCUT2D eigenvalue weighted by molar-refractivity contribution is 0.0788. The van der Waals surface area contributed by atoms with Gasteiger partial charge in [0.15, 0.2) is 11.5 Å². The Morgan fingerprint density at radius 3 is 2.85 bits per heavy atom. The summed E-state index contributed by atoms with van der Waals surface area (Å²) in [5, 5.41) is 3.81. The number of nitrogens with zero attached hydrogens (tertiary/aromatic N) is 1. The molecule has 6 nitrogen and oxygen atoms in total. The van der Waals surface area contributed by atoms with Crippen LogP contribution in [0.3, 0.4) is 0 Å². The summed E-state index contributed by atoms with van der Waals surface area (Å²) in [7, 11) is 1.62. The number of nitrogens with one attached hydrogen (secondary N) is 1. The Labute approximate surface area is 157 Å². The Morgan fingerprint density at radius 2 is 2.04 bits per heavy atom. The van der Waals surface area contributed by atoms with Crippen LogP contribution in [-0.2, 0) is 0 Å². The maximum absolute atomic E-state index is 12.6. The van der Waals surface area contributed by atoms with Gasteiger partial charge in [-0.2, -0.15) is 0 Å². The van der Waals surface area contributed by atoms with Crippen molar-refractivity contribution in [2.24, 2.45) is 0 Å². The van der Waals surface area contributed by atoms with Gasteiger partial charge in [0.2, 0.25) is 0 Å². The molecule has 0 saturated carbocycles. The zero-order chi connectivity index (χ0) is 18.8. The fraction of sp³-hybridized carbons (Fsp3) is 0.238. The quantitative estimate of drug-likeness (QED) is 0.770. The molecule has 138 valence electrons. The van der Waals surface area contributed by atoms with Crippen molar-refractivity contribution in [1.82, 2.24) is 10.3 Å². The van der Waals surface area contributed by atoms with Gasteiger partial charge in [-0.25, -0.2) is 0 Å². The fourth-order valence-electron chi connectivity index (χ4n) is 3.07. The second-order valence-corrected chi connectivity index (χ2v) is 6.39. The Morgan fingerprint density at radius 1 is 1.22 bits per heavy atom. The largest absolute Gasteiger partial charge is 0.497 e. The van der Waals surface area contributed by atoms with Crippen molar-refractivity contribution in [3.8, 4) is 17.2 Å². The van der Waals surface area contributed by atoms with E-state index in [9.17, 15) is 4.79 Å². The smallest absolute Gasteiger partial charge is 0.253 e. The maximum Gasteiger partial charge on any atom is 0.253 e. The maximum atomic E-state index is 12.6. The summed E-state index contributed by atoms with van der Waals surface area (Å²) >= 11 is 0. The predicted molar refractivity (Wildman–Crippen MR) is 102 cm³/mol. The lowest BCUT2D eigenvalue weighted by Gasteiger charge is -2.26. The summed E-state index contributed by atoms with van der Waals surface area (Å²) in [6.07, 6.45) is -0.234. The molecule has 0 saturated heterocycles. The van der Waals surface area contributed by atoms with E-state index in [-0.39, 0.29) is 12.0 Å². The molecule has 0 spiro atoms. The van der Waals surface area contributed by atoms with Crippen molar-refractivity contribution in [3.63, 3.8) is 0 Å². The Bertz CT molecular complexity index is 1000. The van der Waals surface area contributed by atoms with Gasteiger partial charge < -0.3 is 19.5 Å². The SMILES string of the molecule is COc1ccc2cc(C(=O)NCC3COc4ccccc4O3)c(C)nc2c1. The summed E-state index contributed by atoms with van der Waals surface area (Å²) in [6, 6.07) is 15.0. The molecule has 0 bridgehead atoms. The zero-order valence-corrected chi connectivity index (χ0v) is 15.2. The van der Waals surface area contributed by atoms with Crippen LogP contribution < -0.4 is 19.5 Å². The summed E-state index contributed by atoms with van der Waals surface area (Å²) in [6.45, 7) is 2.57. The van der Waals surface area contributed by atoms with Crippen molar-refractivity contribution in [3.05, 3.63) is 59.8 Å². The van der Waals surface area contributed by atoms with E-state index in [1.807, 2.05) is 55.5 Å². The van der Waals surface area contributed by atoms with Crippen LogP contribution in [0.25, 0.3) is 10.9 Å². The molecule has 3 aromatic rings. The number of benzene rings is 2. The van der Waals surface area contributed by atoms with Crippen LogP contribution in [0.1, 0.15) is 16.1 Å². The molecule has 1 amide bonds. The summed E-state index contributed by atoms with van der Waals surface area (Å²) in [5.41, 5.74) is 2.01. The summed E-state index contributed by atoms with van der Waals surface area (Å²) in [4.78, 5) is 17.2. The van der Waals surface area contributed by atoms with E-state index < -0.39 is 0 Å². The number of para-hydroxylation sites is 2. The highest BCUT2D eigenvalue weighted by molar-refractivity contribution is 5.98. The lowest BCUT2D eigenvalue weighted by Crippen LogP contribution is -2.40. The number of carbonyl (C=O) groups excluding carboxylic acids is 1. The van der Waals surface area contributed by atoms with Crippen molar-refractivity contribution in [1.29, 1.82) is 0 Å². The third-order valence-corrected chi connectivity index (χ3v) is 4.52. The first-order valence-electron chi connectivity index (χ1n) is 8.76. The molecule has 0 radical (unpaired) electrons. The number of pyridine rings is 1. The normalized spacial score (nSPS) is 15.4. The van der Waals surface area contributed by atoms with Gasteiger partial charge in [0.05, 0.1) is 30.4 Å². The van der Waals surface area contributed by atoms with Gasteiger partial charge in [-0.1, -0.05) is 12.1 Å². The molecule has 0 aliphatic carbocycles. The van der Waals surface area contributed by atoms with Crippen LogP contribution in [-0.4, -0.2) is 37.3 Å². The number of hydrogen-bond donors (Lipinski definition) is 1. The van der Waals surface area contributed by atoms with Gasteiger partial charge in [-0.05, 0) is 37.3 Å². The molecular weight excluding hydrogens is 344 g/mol. The summed E-state index contributed by atoms with van der Waals surface area (Å²) in [5.74, 6) is 1.98. The molecule has 1 atom stereocenters. The third kappa shape index (κ3) is 3.51. The second-order valence-electron chi connectivity index (χ2n) is 6.39. The molecule has 2 aromatic carbocycles. The van der Waals surface area contributed by atoms with Crippen LogP contribution in [0.5, 0.6) is 17.2 Å². The van der Waals surface area contributed by atoms with E-state index >= 15 is 0 Å². The van der Waals surface area contributed by atoms with Gasteiger partial charge >= 0.3 is 0 Å². The molecule has 2 heterocycles. The molecule has 0 fully saturated rings. The van der Waals surface area contributed by atoms with Gasteiger partial charge in [0, 0.05) is 11.5 Å². The van der Waals surface area contributed by atoms with Crippen molar-refractivity contribution in [2.45, 2.75) is 13.0 Å². The molecule has 1 aliphatic heterocycles. The Hall–Kier alpha value is -3.28. The number of hydrogen-bond acceptors (Lipinski definition) is 5. The van der Waals surface area contributed by atoms with Crippen LogP contribution in [0.15, 0.2) is 48.5 Å². The highest BCUT2D eigenvalue weighted by atomic mass is 16.6. The number of ether oxygens (including phenoxy) is 3. The van der Waals surface area contributed by atoms with Crippen molar-refractivity contribution in [2.75, 3.05) is 20.3 Å². The van der Waals surface area contributed by atoms with Gasteiger partial charge in [-0.3, -0.25) is 9.78 Å². The molecule has 1 aromatic heterocycles. The van der Waals surface area contributed by atoms with Crippen LogP contribution in [0, 0.1) is 6.92 Å². The molecule has 1 aliphatic rings. The van der Waals surface area contributed by atoms with Crippen molar-refractivity contribution < 1.29 is 19.0 Å². The molecule has 1 N–H and O–H groups in total. The number of amides is 1. The molecule has 1 unspecified atom stereocenters. The van der Waals surface area contributed by atoms with Gasteiger partial charge in [0.25, 0.3) is 5.91 Å². The summed E-state index contributed by atoms with van der Waals surface area (Å²) < 4.78 is 16.8. The minimum Gasteiger partial charge on any atom is -0.497 e. The first-order valence-corrected chi connectivity index (χ1v) is 8.76. The number of aromatic nitrogens is 1. The number of aryl methyl sites for hydroxylation is 1. The minimum absolute atomic E-state index is 0.180. The monoisotopic (exact) mass is 364 g/mol. The van der Waals surface area contributed by atoms with E-state index in [1.165, 1.54) is 0 Å². The molecule has 4 rings (SSSR count). The molecule has 27 heavy (non-hydrogen) atoms. The number of fused-ring (bicyclic) bond motifs is 2. The van der Waals surface area contributed by atoms with Crippen LogP contribution in [0.2, 0.25) is 0 Å². The minimum atomic E-state index is -0.234. The van der Waals surface area contributed by atoms with E-state index in [1.54, 1.807) is 7.11 Å². The van der Waals surface area contributed by atoms with Crippen LogP contribution in [0.4, 0.5) is 0 Å².